The van der Waals surface area contributed by atoms with Crippen LogP contribution >= 0.6 is 0 Å². The molecule has 0 heterocycles. The van der Waals surface area contributed by atoms with Crippen LogP contribution in [0.3, 0.4) is 0 Å². The fraction of sp³-hybridized carbons (Fsp3) is 0.866. The van der Waals surface area contributed by atoms with Gasteiger partial charge in [-0.25, -0.2) is 0 Å². The zero-order valence-electron chi connectivity index (χ0n) is 49.2. The van der Waals surface area contributed by atoms with Gasteiger partial charge in [0.15, 0.2) is 6.10 Å². The van der Waals surface area contributed by atoms with E-state index in [4.69, 9.17) is 14.2 Å². The molecule has 0 rings (SSSR count). The topological polar surface area (TPSA) is 78.9 Å². The molecule has 6 heteroatoms. The molecule has 1 atom stereocenters. The number of carbonyl (C=O) groups is 3. The quantitative estimate of drug-likeness (QED) is 0.0261. The summed E-state index contributed by atoms with van der Waals surface area (Å²) < 4.78 is 16.9. The van der Waals surface area contributed by atoms with Crippen molar-refractivity contribution in [3.63, 3.8) is 0 Å². The first-order chi connectivity index (χ1) is 36.0. The van der Waals surface area contributed by atoms with E-state index in [0.717, 1.165) is 70.6 Å². The Morgan fingerprint density at radius 2 is 0.493 bits per heavy atom. The number of ether oxygens (including phenoxy) is 3. The molecule has 0 amide bonds. The molecule has 73 heavy (non-hydrogen) atoms. The number of allylic oxidation sites excluding steroid dienone is 6. The number of hydrogen-bond acceptors (Lipinski definition) is 6. The number of unbranched alkanes of at least 4 members (excludes halogenated alkanes) is 43. The third kappa shape index (κ3) is 60.4. The highest BCUT2D eigenvalue weighted by atomic mass is 16.6. The second kappa shape index (κ2) is 62.2. The van der Waals surface area contributed by atoms with Gasteiger partial charge in [0.05, 0.1) is 0 Å². The van der Waals surface area contributed by atoms with Crippen molar-refractivity contribution >= 4 is 17.9 Å². The summed E-state index contributed by atoms with van der Waals surface area (Å²) in [6, 6.07) is 0. The van der Waals surface area contributed by atoms with Gasteiger partial charge in [-0.05, 0) is 77.0 Å². The largest absolute Gasteiger partial charge is 0.462 e. The van der Waals surface area contributed by atoms with E-state index in [2.05, 4.69) is 57.2 Å². The average molecular weight is 1030 g/mol. The minimum atomic E-state index is -0.775. The molecule has 0 N–H and O–H groups in total. The molecule has 0 aliphatic heterocycles. The third-order valence-corrected chi connectivity index (χ3v) is 14.6. The van der Waals surface area contributed by atoms with Gasteiger partial charge in [-0.15, -0.1) is 0 Å². The predicted octanol–water partition coefficient (Wildman–Crippen LogP) is 22.0. The van der Waals surface area contributed by atoms with Crippen LogP contribution < -0.4 is 0 Å². The van der Waals surface area contributed by atoms with Crippen molar-refractivity contribution in [1.29, 1.82) is 0 Å². The van der Waals surface area contributed by atoms with Crippen LogP contribution in [0.1, 0.15) is 355 Å². The fourth-order valence-electron chi connectivity index (χ4n) is 9.71. The van der Waals surface area contributed by atoms with Crippen LogP contribution in [0.25, 0.3) is 0 Å². The van der Waals surface area contributed by atoms with Crippen LogP contribution in [0.5, 0.6) is 0 Å². The Labute approximate surface area is 455 Å². The zero-order chi connectivity index (χ0) is 52.9. The van der Waals surface area contributed by atoms with Gasteiger partial charge in [0.25, 0.3) is 0 Å². The van der Waals surface area contributed by atoms with Crippen LogP contribution in [0.4, 0.5) is 0 Å². The van der Waals surface area contributed by atoms with Gasteiger partial charge in [-0.3, -0.25) is 14.4 Å². The monoisotopic (exact) mass is 1020 g/mol. The summed E-state index contributed by atoms with van der Waals surface area (Å²) in [7, 11) is 0. The van der Waals surface area contributed by atoms with E-state index in [0.29, 0.717) is 19.3 Å². The van der Waals surface area contributed by atoms with Crippen molar-refractivity contribution in [2.45, 2.75) is 361 Å². The van der Waals surface area contributed by atoms with E-state index in [-0.39, 0.29) is 31.1 Å². The van der Waals surface area contributed by atoms with Crippen LogP contribution in [-0.2, 0) is 28.6 Å². The molecule has 0 radical (unpaired) electrons. The first kappa shape index (κ1) is 70.6. The maximum absolute atomic E-state index is 12.9. The number of hydrogen-bond donors (Lipinski definition) is 0. The van der Waals surface area contributed by atoms with E-state index < -0.39 is 6.10 Å². The molecule has 0 bridgehead atoms. The van der Waals surface area contributed by atoms with Crippen LogP contribution in [0, 0.1) is 0 Å². The zero-order valence-corrected chi connectivity index (χ0v) is 49.2. The van der Waals surface area contributed by atoms with Crippen molar-refractivity contribution in [3.05, 3.63) is 36.5 Å². The molecule has 0 aliphatic rings. The van der Waals surface area contributed by atoms with E-state index in [1.165, 1.54) is 244 Å². The molecule has 0 aromatic carbocycles. The average Bonchev–Trinajstić information content (AvgIpc) is 3.39. The van der Waals surface area contributed by atoms with Gasteiger partial charge in [0.2, 0.25) is 0 Å². The Kier molecular flexibility index (Phi) is 60.2. The number of esters is 3. The summed E-state index contributed by atoms with van der Waals surface area (Å²) in [6.45, 7) is 6.68. The third-order valence-electron chi connectivity index (χ3n) is 14.6. The highest BCUT2D eigenvalue weighted by molar-refractivity contribution is 5.71. The smallest absolute Gasteiger partial charge is 0.306 e. The van der Waals surface area contributed by atoms with E-state index >= 15 is 0 Å². The lowest BCUT2D eigenvalue weighted by Crippen LogP contribution is -2.30. The summed E-state index contributed by atoms with van der Waals surface area (Å²) in [5, 5.41) is 0. The Hall–Kier alpha value is -2.37. The molecule has 0 saturated heterocycles. The Balaban J connectivity index is 4.30. The molecular formula is C67H124O6. The summed E-state index contributed by atoms with van der Waals surface area (Å²) in [5.41, 5.74) is 0. The summed E-state index contributed by atoms with van der Waals surface area (Å²) in [6.07, 6.45) is 75.7. The molecule has 0 aromatic heterocycles. The molecule has 0 aromatic rings. The van der Waals surface area contributed by atoms with Gasteiger partial charge in [-0.1, -0.05) is 295 Å². The van der Waals surface area contributed by atoms with Crippen LogP contribution in [0.15, 0.2) is 36.5 Å². The summed E-state index contributed by atoms with van der Waals surface area (Å²) in [5.74, 6) is -0.858. The molecule has 0 aliphatic carbocycles. The van der Waals surface area contributed by atoms with Crippen LogP contribution in [-0.4, -0.2) is 37.2 Å². The molecular weight excluding hydrogens is 901 g/mol. The maximum atomic E-state index is 12.9. The summed E-state index contributed by atoms with van der Waals surface area (Å²) in [4.78, 5) is 38.3. The van der Waals surface area contributed by atoms with Crippen molar-refractivity contribution in [2.75, 3.05) is 13.2 Å². The van der Waals surface area contributed by atoms with E-state index in [1.807, 2.05) is 0 Å². The van der Waals surface area contributed by atoms with Crippen molar-refractivity contribution in [2.24, 2.45) is 0 Å². The molecule has 6 nitrogen and oxygen atoms in total. The maximum Gasteiger partial charge on any atom is 0.306 e. The minimum Gasteiger partial charge on any atom is -0.462 e. The highest BCUT2D eigenvalue weighted by Crippen LogP contribution is 2.17. The van der Waals surface area contributed by atoms with Crippen molar-refractivity contribution < 1.29 is 28.6 Å². The number of carbonyl (C=O) groups excluding carboxylic acids is 3. The second-order valence-corrected chi connectivity index (χ2v) is 22.0. The van der Waals surface area contributed by atoms with Crippen molar-refractivity contribution in [1.82, 2.24) is 0 Å². The number of rotatable bonds is 60. The van der Waals surface area contributed by atoms with Gasteiger partial charge in [-0.2, -0.15) is 0 Å². The lowest BCUT2D eigenvalue weighted by atomic mass is 10.0. The lowest BCUT2D eigenvalue weighted by Gasteiger charge is -2.18. The highest BCUT2D eigenvalue weighted by Gasteiger charge is 2.19. The minimum absolute atomic E-state index is 0.0715. The van der Waals surface area contributed by atoms with Gasteiger partial charge in [0, 0.05) is 19.3 Å². The molecule has 0 saturated carbocycles. The van der Waals surface area contributed by atoms with E-state index in [1.54, 1.807) is 0 Å². The van der Waals surface area contributed by atoms with E-state index in [9.17, 15) is 14.4 Å². The summed E-state index contributed by atoms with van der Waals surface area (Å²) >= 11 is 0. The second-order valence-electron chi connectivity index (χ2n) is 22.0. The Morgan fingerprint density at radius 3 is 0.767 bits per heavy atom. The molecule has 428 valence electrons. The molecule has 0 spiro atoms. The lowest BCUT2D eigenvalue weighted by molar-refractivity contribution is -0.167. The molecule has 0 fully saturated rings. The standard InChI is InChI=1S/C67H124O6/c1-4-7-10-13-16-19-22-25-28-31-32-33-34-35-36-37-40-42-45-48-51-54-57-60-66(69)72-63-64(73-67(70)61-58-55-52-49-46-43-39-30-27-24-21-18-15-12-9-6-3)62-71-65(68)59-56-53-50-47-44-41-38-29-26-23-20-17-14-11-8-5-2/h22,25,30-32,39,64H,4-21,23-24,26-29,33-38,40-63H2,1-3H3/b25-22-,32-31-,39-30-. The fourth-order valence-corrected chi connectivity index (χ4v) is 9.71. The normalized spacial score (nSPS) is 12.2. The molecule has 1 unspecified atom stereocenters. The Morgan fingerprint density at radius 1 is 0.274 bits per heavy atom. The van der Waals surface area contributed by atoms with Crippen LogP contribution in [0.2, 0.25) is 0 Å². The SMILES string of the molecule is CCCCCCC/C=C\C/C=C\CCCCCCCCCCCCCC(=O)OCC(COC(=O)CCCCCCCCCCCCCCCCCC)OC(=O)CCCCCCC/C=C\CCCCCCCCC. The van der Waals surface area contributed by atoms with Gasteiger partial charge < -0.3 is 14.2 Å². The van der Waals surface area contributed by atoms with Crippen molar-refractivity contribution in [3.8, 4) is 0 Å². The van der Waals surface area contributed by atoms with Gasteiger partial charge in [0.1, 0.15) is 13.2 Å². The Bertz CT molecular complexity index is 1220. The predicted molar refractivity (Wildman–Crippen MR) is 316 cm³/mol. The first-order valence-corrected chi connectivity index (χ1v) is 32.5. The first-order valence-electron chi connectivity index (χ1n) is 32.5. The van der Waals surface area contributed by atoms with Gasteiger partial charge >= 0.3 is 17.9 Å².